The van der Waals surface area contributed by atoms with Crippen molar-refractivity contribution in [2.45, 2.75) is 83.7 Å². The van der Waals surface area contributed by atoms with Gasteiger partial charge in [0.15, 0.2) is 0 Å². The van der Waals surface area contributed by atoms with Crippen LogP contribution in [0.4, 0.5) is 0 Å². The fourth-order valence-corrected chi connectivity index (χ4v) is 4.53. The van der Waals surface area contributed by atoms with Gasteiger partial charge in [0, 0.05) is 12.3 Å². The molecule has 170 valence electrons. The molecule has 0 spiro atoms. The lowest BCUT2D eigenvalue weighted by atomic mass is 9.65. The minimum Gasteiger partial charge on any atom is -0.481 e. The number of carbonyl (C=O) groups is 2. The number of ether oxygens (including phenoxy) is 1. The van der Waals surface area contributed by atoms with E-state index in [4.69, 9.17) is 9.84 Å². The molecule has 0 aromatic heterocycles. The fourth-order valence-electron chi connectivity index (χ4n) is 4.53. The number of aliphatic carboxylic acids is 1. The molecule has 7 heteroatoms. The Morgan fingerprint density at radius 2 is 1.97 bits per heavy atom. The van der Waals surface area contributed by atoms with Gasteiger partial charge >= 0.3 is 11.9 Å². The highest BCUT2D eigenvalue weighted by Gasteiger charge is 2.43. The Kier molecular flexibility index (Phi) is 9.07. The van der Waals surface area contributed by atoms with Gasteiger partial charge in [0.25, 0.3) is 0 Å². The predicted octanol–water partition coefficient (Wildman–Crippen LogP) is 2.44. The zero-order valence-electron chi connectivity index (χ0n) is 18.1. The first-order chi connectivity index (χ1) is 14.1. The smallest absolute Gasteiger partial charge is 0.308 e. The molecule has 0 radical (unpaired) electrons. The Balaban J connectivity index is 2.09. The lowest BCUT2D eigenvalue weighted by Crippen LogP contribution is -2.44. The molecule has 8 atom stereocenters. The number of aliphatic hydroxyl groups is 3. The molecule has 0 aromatic rings. The van der Waals surface area contributed by atoms with Crippen LogP contribution in [0.1, 0.15) is 59.3 Å². The van der Waals surface area contributed by atoms with Crippen molar-refractivity contribution in [3.8, 4) is 0 Å². The van der Waals surface area contributed by atoms with E-state index in [1.807, 2.05) is 39.0 Å². The van der Waals surface area contributed by atoms with E-state index >= 15 is 0 Å². The summed E-state index contributed by atoms with van der Waals surface area (Å²) < 4.78 is 5.86. The second-order valence-corrected chi connectivity index (χ2v) is 8.85. The molecule has 2 rings (SSSR count). The molecule has 7 nitrogen and oxygen atoms in total. The normalized spacial score (nSPS) is 31.3. The zero-order valence-corrected chi connectivity index (χ0v) is 18.1. The van der Waals surface area contributed by atoms with Crippen molar-refractivity contribution in [2.24, 2.45) is 23.7 Å². The molecular weight excluding hydrogens is 388 g/mol. The highest BCUT2D eigenvalue weighted by Crippen LogP contribution is 2.44. The Morgan fingerprint density at radius 1 is 1.27 bits per heavy atom. The third kappa shape index (κ3) is 6.40. The zero-order chi connectivity index (χ0) is 22.4. The first-order valence-electron chi connectivity index (χ1n) is 11.0. The maximum Gasteiger partial charge on any atom is 0.308 e. The summed E-state index contributed by atoms with van der Waals surface area (Å²) in [5.41, 5.74) is 0.958. The van der Waals surface area contributed by atoms with Gasteiger partial charge in [-0.3, -0.25) is 9.59 Å². The summed E-state index contributed by atoms with van der Waals surface area (Å²) in [6.45, 7) is 5.75. The van der Waals surface area contributed by atoms with Crippen LogP contribution >= 0.6 is 0 Å². The van der Waals surface area contributed by atoms with Crippen molar-refractivity contribution in [3.63, 3.8) is 0 Å². The first-order valence-corrected chi connectivity index (χ1v) is 11.0. The maximum atomic E-state index is 12.4. The summed E-state index contributed by atoms with van der Waals surface area (Å²) in [7, 11) is 0. The Morgan fingerprint density at radius 3 is 2.60 bits per heavy atom. The number of carbonyl (C=O) groups excluding carboxylic acids is 1. The van der Waals surface area contributed by atoms with Gasteiger partial charge in [-0.1, -0.05) is 39.0 Å². The van der Waals surface area contributed by atoms with E-state index in [1.54, 1.807) is 0 Å². The first kappa shape index (κ1) is 24.6. The fraction of sp³-hybridized carbons (Fsp3) is 0.739. The van der Waals surface area contributed by atoms with E-state index in [0.29, 0.717) is 25.7 Å². The molecule has 0 saturated carbocycles. The highest BCUT2D eigenvalue weighted by atomic mass is 16.5. The van der Waals surface area contributed by atoms with E-state index in [0.717, 1.165) is 5.57 Å². The van der Waals surface area contributed by atoms with Gasteiger partial charge in [-0.2, -0.15) is 0 Å². The molecule has 0 aromatic carbocycles. The largest absolute Gasteiger partial charge is 0.481 e. The number of rotatable bonds is 10. The van der Waals surface area contributed by atoms with E-state index < -0.39 is 30.7 Å². The SMILES string of the molecule is CC[C@H](C)C(=O)O[C@H]1CC=CC2=C[C@H](O)[C@H](C)[C@H](CC[C@H](O)C[C@@H](O)CC(=O)O)[C@H]21. The van der Waals surface area contributed by atoms with E-state index in [9.17, 15) is 24.9 Å². The van der Waals surface area contributed by atoms with Crippen LogP contribution in [0.3, 0.4) is 0 Å². The molecule has 0 bridgehead atoms. The topological polar surface area (TPSA) is 124 Å². The molecule has 4 N–H and O–H groups in total. The second-order valence-electron chi connectivity index (χ2n) is 8.85. The quantitative estimate of drug-likeness (QED) is 0.397. The summed E-state index contributed by atoms with van der Waals surface area (Å²) in [5, 5.41) is 39.3. The second kappa shape index (κ2) is 11.1. The highest BCUT2D eigenvalue weighted by molar-refractivity contribution is 5.72. The molecule has 2 aliphatic rings. The van der Waals surface area contributed by atoms with Crippen molar-refractivity contribution in [1.29, 1.82) is 0 Å². The lowest BCUT2D eigenvalue weighted by molar-refractivity contribution is -0.157. The van der Waals surface area contributed by atoms with E-state index in [-0.39, 0.29) is 42.2 Å². The van der Waals surface area contributed by atoms with Crippen molar-refractivity contribution < 1.29 is 34.8 Å². The number of hydrogen-bond donors (Lipinski definition) is 4. The average Bonchev–Trinajstić information content (AvgIpc) is 2.67. The number of allylic oxidation sites excluding steroid dienone is 1. The molecule has 0 aliphatic heterocycles. The summed E-state index contributed by atoms with van der Waals surface area (Å²) in [6, 6.07) is 0. The van der Waals surface area contributed by atoms with Gasteiger partial charge in [-0.15, -0.1) is 0 Å². The monoisotopic (exact) mass is 424 g/mol. The van der Waals surface area contributed by atoms with E-state index in [2.05, 4.69) is 0 Å². The molecular formula is C23H36O7. The number of carboxylic acid groups (broad SMARTS) is 1. The van der Waals surface area contributed by atoms with Gasteiger partial charge in [0.2, 0.25) is 0 Å². The van der Waals surface area contributed by atoms with Gasteiger partial charge in [-0.05, 0) is 43.1 Å². The van der Waals surface area contributed by atoms with Crippen LogP contribution in [0.15, 0.2) is 23.8 Å². The number of esters is 1. The Labute approximate surface area is 178 Å². The molecule has 0 unspecified atom stereocenters. The standard InChI is InChI=1S/C23H36O7/c1-4-13(2)23(29)30-20-7-5-6-15-10-19(26)14(3)18(22(15)20)9-8-16(24)11-17(25)12-21(27)28/h5-6,10,13-14,16-20,22,24-26H,4,7-9,11-12H2,1-3H3,(H,27,28)/t13-,14+,16-,17+,18-,19-,20-,22-/m0/s1. The molecule has 0 saturated heterocycles. The number of aliphatic hydroxyl groups excluding tert-OH is 3. The van der Waals surface area contributed by atoms with Gasteiger partial charge in [0.05, 0.1) is 30.7 Å². The molecule has 30 heavy (non-hydrogen) atoms. The van der Waals surface area contributed by atoms with Crippen LogP contribution in [0.2, 0.25) is 0 Å². The maximum absolute atomic E-state index is 12.4. The molecule has 0 amide bonds. The van der Waals surface area contributed by atoms with Gasteiger partial charge in [0.1, 0.15) is 6.10 Å². The van der Waals surface area contributed by atoms with Crippen LogP contribution in [0, 0.1) is 23.7 Å². The summed E-state index contributed by atoms with van der Waals surface area (Å²) in [6.07, 6.45) is 4.79. The molecule has 0 heterocycles. The molecule has 0 fully saturated rings. The summed E-state index contributed by atoms with van der Waals surface area (Å²) in [5.74, 6) is -1.64. The third-order valence-corrected chi connectivity index (χ3v) is 6.57. The lowest BCUT2D eigenvalue weighted by Gasteiger charge is -2.44. The van der Waals surface area contributed by atoms with Crippen LogP contribution < -0.4 is 0 Å². The summed E-state index contributed by atoms with van der Waals surface area (Å²) in [4.78, 5) is 23.1. The Bertz CT molecular complexity index is 656. The van der Waals surface area contributed by atoms with Crippen LogP contribution in [-0.2, 0) is 14.3 Å². The van der Waals surface area contributed by atoms with Crippen molar-refractivity contribution in [2.75, 3.05) is 0 Å². The number of fused-ring (bicyclic) bond motifs is 1. The van der Waals surface area contributed by atoms with Gasteiger partial charge in [-0.25, -0.2) is 0 Å². The van der Waals surface area contributed by atoms with Gasteiger partial charge < -0.3 is 25.2 Å². The minimum atomic E-state index is -1.10. The van der Waals surface area contributed by atoms with Crippen molar-refractivity contribution >= 4 is 11.9 Å². The predicted molar refractivity (Wildman–Crippen MR) is 111 cm³/mol. The summed E-state index contributed by atoms with van der Waals surface area (Å²) >= 11 is 0. The number of hydrogen-bond acceptors (Lipinski definition) is 6. The van der Waals surface area contributed by atoms with Crippen LogP contribution in [0.25, 0.3) is 0 Å². The third-order valence-electron chi connectivity index (χ3n) is 6.57. The van der Waals surface area contributed by atoms with Crippen LogP contribution in [0.5, 0.6) is 0 Å². The van der Waals surface area contributed by atoms with E-state index in [1.165, 1.54) is 0 Å². The number of carboxylic acids is 1. The van der Waals surface area contributed by atoms with Crippen molar-refractivity contribution in [3.05, 3.63) is 23.8 Å². The van der Waals surface area contributed by atoms with Crippen molar-refractivity contribution in [1.82, 2.24) is 0 Å². The van der Waals surface area contributed by atoms with Crippen LogP contribution in [-0.4, -0.2) is 56.8 Å². The Hall–Kier alpha value is -1.70. The average molecular weight is 425 g/mol. The molecule has 2 aliphatic carbocycles. The minimum absolute atomic E-state index is 0.00432.